The van der Waals surface area contributed by atoms with Crippen LogP contribution in [0.15, 0.2) is 23.2 Å². The highest BCUT2D eigenvalue weighted by Crippen LogP contribution is 2.28. The van der Waals surface area contributed by atoms with Gasteiger partial charge in [-0.05, 0) is 31.4 Å². The monoisotopic (exact) mass is 327 g/mol. The quantitative estimate of drug-likeness (QED) is 0.838. The maximum Gasteiger partial charge on any atom is 0.245 e. The number of aromatic nitrogens is 1. The molecular weight excluding hydrogens is 306 g/mol. The number of hydrogen-bond donors (Lipinski definition) is 1. The van der Waals surface area contributed by atoms with Crippen molar-refractivity contribution in [3.8, 4) is 0 Å². The van der Waals surface area contributed by atoms with E-state index in [0.29, 0.717) is 6.54 Å². The van der Waals surface area contributed by atoms with Gasteiger partial charge >= 0.3 is 0 Å². The Kier molecular flexibility index (Phi) is 5.29. The van der Waals surface area contributed by atoms with Gasteiger partial charge in [-0.25, -0.2) is 8.42 Å². The SMILES string of the molecule is CCCC1CCCCN1S(=O)(=O)c1cccnc1C(N)=S. The zero-order chi connectivity index (χ0) is 15.5. The summed E-state index contributed by atoms with van der Waals surface area (Å²) in [5.41, 5.74) is 5.81. The lowest BCUT2D eigenvalue weighted by molar-refractivity contribution is 0.239. The number of pyridine rings is 1. The van der Waals surface area contributed by atoms with E-state index < -0.39 is 10.0 Å². The average molecular weight is 327 g/mol. The Morgan fingerprint density at radius 1 is 1.52 bits per heavy atom. The molecule has 1 saturated heterocycles. The van der Waals surface area contributed by atoms with Crippen molar-refractivity contribution in [2.75, 3.05) is 6.54 Å². The van der Waals surface area contributed by atoms with E-state index in [1.165, 1.54) is 12.3 Å². The summed E-state index contributed by atoms with van der Waals surface area (Å²) in [5, 5.41) is 0. The smallest absolute Gasteiger partial charge is 0.245 e. The van der Waals surface area contributed by atoms with E-state index in [-0.39, 0.29) is 21.6 Å². The van der Waals surface area contributed by atoms with E-state index in [4.69, 9.17) is 18.0 Å². The summed E-state index contributed by atoms with van der Waals surface area (Å²) in [6.07, 6.45) is 6.23. The van der Waals surface area contributed by atoms with Crippen LogP contribution in [0.1, 0.15) is 44.7 Å². The van der Waals surface area contributed by atoms with Crippen molar-refractivity contribution in [3.63, 3.8) is 0 Å². The number of nitrogens with two attached hydrogens (primary N) is 1. The Hall–Kier alpha value is -1.05. The molecule has 0 amide bonds. The van der Waals surface area contributed by atoms with Crippen molar-refractivity contribution >= 4 is 27.2 Å². The third kappa shape index (κ3) is 3.41. The molecule has 1 fully saturated rings. The van der Waals surface area contributed by atoms with Crippen molar-refractivity contribution < 1.29 is 8.42 Å². The van der Waals surface area contributed by atoms with Crippen LogP contribution in [0.25, 0.3) is 0 Å². The zero-order valence-electron chi connectivity index (χ0n) is 12.2. The van der Waals surface area contributed by atoms with E-state index in [2.05, 4.69) is 11.9 Å². The molecular formula is C14H21N3O2S2. The second-order valence-corrected chi connectivity index (χ2v) is 7.57. The van der Waals surface area contributed by atoms with Crippen molar-refractivity contribution in [1.29, 1.82) is 0 Å². The molecule has 0 aromatic carbocycles. The second kappa shape index (κ2) is 6.81. The van der Waals surface area contributed by atoms with Crippen LogP contribution in [-0.2, 0) is 10.0 Å². The van der Waals surface area contributed by atoms with Gasteiger partial charge < -0.3 is 5.73 Å². The van der Waals surface area contributed by atoms with Gasteiger partial charge in [-0.1, -0.05) is 32.0 Å². The minimum absolute atomic E-state index is 0.0122. The number of hydrogen-bond acceptors (Lipinski definition) is 4. The topological polar surface area (TPSA) is 76.3 Å². The number of rotatable bonds is 5. The molecule has 1 unspecified atom stereocenters. The second-order valence-electron chi connectivity index (χ2n) is 5.27. The first-order valence-electron chi connectivity index (χ1n) is 7.25. The van der Waals surface area contributed by atoms with Gasteiger partial charge in [0.25, 0.3) is 0 Å². The van der Waals surface area contributed by atoms with Crippen molar-refractivity contribution in [1.82, 2.24) is 9.29 Å². The van der Waals surface area contributed by atoms with Crippen LogP contribution in [0, 0.1) is 0 Å². The van der Waals surface area contributed by atoms with Gasteiger partial charge in [-0.2, -0.15) is 4.31 Å². The molecule has 1 aliphatic heterocycles. The third-order valence-electron chi connectivity index (χ3n) is 3.79. The predicted molar refractivity (Wildman–Crippen MR) is 86.6 cm³/mol. The van der Waals surface area contributed by atoms with Crippen molar-refractivity contribution in [2.24, 2.45) is 5.73 Å². The molecule has 0 spiro atoms. The van der Waals surface area contributed by atoms with Crippen LogP contribution in [0.5, 0.6) is 0 Å². The third-order valence-corrected chi connectivity index (χ3v) is 5.96. The molecule has 0 aliphatic carbocycles. The fraction of sp³-hybridized carbons (Fsp3) is 0.571. The summed E-state index contributed by atoms with van der Waals surface area (Å²) in [7, 11) is -3.61. The molecule has 1 atom stereocenters. The van der Waals surface area contributed by atoms with Crippen LogP contribution in [0.2, 0.25) is 0 Å². The van der Waals surface area contributed by atoms with Gasteiger partial charge in [0.1, 0.15) is 15.6 Å². The Labute approximate surface area is 131 Å². The summed E-state index contributed by atoms with van der Waals surface area (Å²) in [6, 6.07) is 3.20. The van der Waals surface area contributed by atoms with E-state index in [0.717, 1.165) is 32.1 Å². The minimum Gasteiger partial charge on any atom is -0.388 e. The largest absolute Gasteiger partial charge is 0.388 e. The maximum atomic E-state index is 13.0. The van der Waals surface area contributed by atoms with Gasteiger partial charge in [0.05, 0.1) is 0 Å². The summed E-state index contributed by atoms with van der Waals surface area (Å²) >= 11 is 4.93. The molecule has 7 heteroatoms. The van der Waals surface area contributed by atoms with E-state index in [1.807, 2.05) is 0 Å². The van der Waals surface area contributed by atoms with Crippen molar-refractivity contribution in [2.45, 2.75) is 50.0 Å². The predicted octanol–water partition coefficient (Wildman–Crippen LogP) is 2.06. The van der Waals surface area contributed by atoms with Gasteiger partial charge in [-0.15, -0.1) is 0 Å². The Morgan fingerprint density at radius 3 is 2.95 bits per heavy atom. The standard InChI is InChI=1S/C14H21N3O2S2/c1-2-6-11-7-3-4-10-17(11)21(18,19)12-8-5-9-16-13(12)14(15)20/h5,8-9,11H,2-4,6-7,10H2,1H3,(H2,15,20). The lowest BCUT2D eigenvalue weighted by Gasteiger charge is -2.34. The van der Waals surface area contributed by atoms with Crippen LogP contribution < -0.4 is 5.73 Å². The minimum atomic E-state index is -3.61. The number of sulfonamides is 1. The van der Waals surface area contributed by atoms with E-state index >= 15 is 0 Å². The fourth-order valence-electron chi connectivity index (χ4n) is 2.82. The summed E-state index contributed by atoms with van der Waals surface area (Å²) in [6.45, 7) is 2.63. The Bertz CT molecular complexity index is 614. The molecule has 116 valence electrons. The lowest BCUT2D eigenvalue weighted by Crippen LogP contribution is -2.44. The first kappa shape index (κ1) is 16.3. The normalized spacial score (nSPS) is 20.3. The molecule has 21 heavy (non-hydrogen) atoms. The molecule has 0 saturated carbocycles. The van der Waals surface area contributed by atoms with Crippen molar-refractivity contribution in [3.05, 3.63) is 24.0 Å². The van der Waals surface area contributed by atoms with Gasteiger partial charge in [0.2, 0.25) is 10.0 Å². The molecule has 1 aromatic rings. The molecule has 0 bridgehead atoms. The molecule has 0 radical (unpaired) electrons. The van der Waals surface area contributed by atoms with Crippen LogP contribution in [-0.4, -0.2) is 35.3 Å². The maximum absolute atomic E-state index is 13.0. The first-order chi connectivity index (χ1) is 9.98. The number of nitrogens with zero attached hydrogens (tertiary/aromatic N) is 2. The highest BCUT2D eigenvalue weighted by atomic mass is 32.2. The fourth-order valence-corrected chi connectivity index (χ4v) is 4.93. The first-order valence-corrected chi connectivity index (χ1v) is 9.10. The summed E-state index contributed by atoms with van der Waals surface area (Å²) in [4.78, 5) is 4.18. The molecule has 5 nitrogen and oxygen atoms in total. The molecule has 2 rings (SSSR count). The van der Waals surface area contributed by atoms with Gasteiger partial charge in [0, 0.05) is 18.8 Å². The average Bonchev–Trinajstić information content (AvgIpc) is 2.48. The molecule has 2 heterocycles. The van der Waals surface area contributed by atoms with E-state index in [9.17, 15) is 8.42 Å². The molecule has 1 aliphatic rings. The Morgan fingerprint density at radius 2 is 2.29 bits per heavy atom. The molecule has 1 aromatic heterocycles. The van der Waals surface area contributed by atoms with Gasteiger partial charge in [0.15, 0.2) is 0 Å². The highest BCUT2D eigenvalue weighted by Gasteiger charge is 2.34. The molecule has 2 N–H and O–H groups in total. The number of thiocarbonyl (C=S) groups is 1. The lowest BCUT2D eigenvalue weighted by atomic mass is 10.0. The van der Waals surface area contributed by atoms with Crippen LogP contribution in [0.3, 0.4) is 0 Å². The van der Waals surface area contributed by atoms with E-state index in [1.54, 1.807) is 10.4 Å². The zero-order valence-corrected chi connectivity index (χ0v) is 13.8. The summed E-state index contributed by atoms with van der Waals surface area (Å²) in [5.74, 6) is 0. The Balaban J connectivity index is 2.43. The van der Waals surface area contributed by atoms with Crippen LogP contribution in [0.4, 0.5) is 0 Å². The van der Waals surface area contributed by atoms with Crippen LogP contribution >= 0.6 is 12.2 Å². The number of piperidine rings is 1. The summed E-state index contributed by atoms with van der Waals surface area (Å²) < 4.78 is 27.5. The van der Waals surface area contributed by atoms with Gasteiger partial charge in [-0.3, -0.25) is 4.98 Å². The highest BCUT2D eigenvalue weighted by molar-refractivity contribution is 7.89.